The molecule has 0 saturated carbocycles. The number of hydrazone groups is 1. The minimum absolute atomic E-state index is 0.0302. The van der Waals surface area contributed by atoms with Crippen LogP contribution in [0.15, 0.2) is 101 Å². The van der Waals surface area contributed by atoms with E-state index < -0.39 is 23.6 Å². The number of carbonyl (C=O) groups is 2. The molecule has 1 heterocycles. The van der Waals surface area contributed by atoms with E-state index in [4.69, 9.17) is 9.47 Å². The van der Waals surface area contributed by atoms with Gasteiger partial charge in [-0.15, -0.1) is 0 Å². The minimum atomic E-state index is -4.61. The van der Waals surface area contributed by atoms with Gasteiger partial charge in [0.1, 0.15) is 17.2 Å². The molecule has 0 aliphatic rings. The molecule has 0 fully saturated rings. The molecular formula is C32H23BrF3N3O4. The smallest absolute Gasteiger partial charge is 0.416 e. The van der Waals surface area contributed by atoms with Crippen LogP contribution in [0.5, 0.6) is 11.5 Å². The lowest BCUT2D eigenvalue weighted by molar-refractivity contribution is -0.137. The van der Waals surface area contributed by atoms with Crippen LogP contribution in [0, 0.1) is 0 Å². The number of amides is 1. The largest absolute Gasteiger partial charge is 0.494 e. The summed E-state index contributed by atoms with van der Waals surface area (Å²) in [4.78, 5) is 29.2. The van der Waals surface area contributed by atoms with E-state index in [1.54, 1.807) is 12.1 Å². The molecule has 0 radical (unpaired) electrons. The minimum Gasteiger partial charge on any atom is -0.494 e. The summed E-state index contributed by atoms with van der Waals surface area (Å²) in [5.74, 6) is -0.813. The maximum Gasteiger partial charge on any atom is 0.416 e. The second-order valence-electron chi connectivity index (χ2n) is 9.23. The molecule has 1 aromatic heterocycles. The second kappa shape index (κ2) is 12.5. The summed E-state index contributed by atoms with van der Waals surface area (Å²) in [6, 6.07) is 23.5. The van der Waals surface area contributed by atoms with Gasteiger partial charge in [-0.25, -0.2) is 10.2 Å². The molecule has 4 aromatic carbocycles. The lowest BCUT2D eigenvalue weighted by Crippen LogP contribution is -2.19. The number of halogens is 4. The van der Waals surface area contributed by atoms with Crippen LogP contribution in [-0.2, 0) is 6.18 Å². The number of aromatic amines is 1. The molecule has 5 rings (SSSR count). The van der Waals surface area contributed by atoms with E-state index in [0.717, 1.165) is 34.7 Å². The van der Waals surface area contributed by atoms with Crippen LogP contribution in [0.3, 0.4) is 0 Å². The second-order valence-corrected chi connectivity index (χ2v) is 10.1. The zero-order valence-electron chi connectivity index (χ0n) is 22.5. The number of rotatable bonds is 8. The molecular weight excluding hydrogens is 627 g/mol. The van der Waals surface area contributed by atoms with Gasteiger partial charge in [-0.2, -0.15) is 18.3 Å². The topological polar surface area (TPSA) is 92.8 Å². The lowest BCUT2D eigenvalue weighted by Gasteiger charge is -2.10. The zero-order chi connectivity index (χ0) is 30.6. The van der Waals surface area contributed by atoms with Crippen LogP contribution in [0.2, 0.25) is 0 Å². The SMILES string of the molecule is CCOc1ccc2[nH]c(C(=O)NN=Cc3cc(Br)ccc3OC(=O)c3cccc(C(F)(F)F)c3)c(-c3ccccc3)c2c1. The fourth-order valence-corrected chi connectivity index (χ4v) is 4.79. The van der Waals surface area contributed by atoms with Crippen molar-refractivity contribution in [1.29, 1.82) is 0 Å². The predicted octanol–water partition coefficient (Wildman–Crippen LogP) is 8.00. The van der Waals surface area contributed by atoms with Gasteiger partial charge in [0.25, 0.3) is 5.91 Å². The fourth-order valence-electron chi connectivity index (χ4n) is 4.41. The maximum atomic E-state index is 13.4. The van der Waals surface area contributed by atoms with Crippen molar-refractivity contribution in [3.05, 3.63) is 118 Å². The summed E-state index contributed by atoms with van der Waals surface area (Å²) in [6.45, 7) is 2.38. The van der Waals surface area contributed by atoms with Crippen molar-refractivity contribution in [2.24, 2.45) is 5.10 Å². The highest BCUT2D eigenvalue weighted by Gasteiger charge is 2.31. The third kappa shape index (κ3) is 6.78. The number of fused-ring (bicyclic) bond motifs is 1. The van der Waals surface area contributed by atoms with Gasteiger partial charge in [0.2, 0.25) is 0 Å². The molecule has 7 nitrogen and oxygen atoms in total. The van der Waals surface area contributed by atoms with E-state index in [2.05, 4.69) is 31.4 Å². The number of benzene rings is 4. The van der Waals surface area contributed by atoms with Crippen LogP contribution in [0.25, 0.3) is 22.0 Å². The molecule has 0 saturated heterocycles. The van der Waals surface area contributed by atoms with Gasteiger partial charge >= 0.3 is 12.1 Å². The maximum absolute atomic E-state index is 13.4. The van der Waals surface area contributed by atoms with Gasteiger partial charge < -0.3 is 14.5 Å². The molecule has 0 aliphatic heterocycles. The Labute approximate surface area is 252 Å². The first-order valence-electron chi connectivity index (χ1n) is 13.0. The number of esters is 1. The molecule has 0 spiro atoms. The standard InChI is InChI=1S/C32H23BrF3N3O4/c1-2-42-24-12-13-26-25(17-24)28(19-7-4-3-5-8-19)29(38-26)30(40)39-37-18-21-16-23(33)11-14-27(21)43-31(41)20-9-6-10-22(15-20)32(34,35)36/h3-18,38H,2H2,1H3,(H,39,40). The van der Waals surface area contributed by atoms with Gasteiger partial charge in [0.05, 0.1) is 23.9 Å². The Bertz CT molecular complexity index is 1840. The Kier molecular flexibility index (Phi) is 8.63. The molecule has 0 atom stereocenters. The molecule has 11 heteroatoms. The van der Waals surface area contributed by atoms with E-state index in [1.807, 2.05) is 55.5 Å². The van der Waals surface area contributed by atoms with Crippen molar-refractivity contribution in [2.45, 2.75) is 13.1 Å². The number of nitrogens with one attached hydrogen (secondary N) is 2. The van der Waals surface area contributed by atoms with Gasteiger partial charge in [0, 0.05) is 26.5 Å². The number of H-pyrrole nitrogens is 1. The van der Waals surface area contributed by atoms with Crippen molar-refractivity contribution in [2.75, 3.05) is 6.61 Å². The van der Waals surface area contributed by atoms with Crippen molar-refractivity contribution in [1.82, 2.24) is 10.4 Å². The molecule has 0 unspecified atom stereocenters. The van der Waals surface area contributed by atoms with Crippen molar-refractivity contribution in [3.8, 4) is 22.6 Å². The molecule has 5 aromatic rings. The Hall–Kier alpha value is -4.90. The van der Waals surface area contributed by atoms with Crippen molar-refractivity contribution < 1.29 is 32.2 Å². The average Bonchev–Trinajstić information content (AvgIpc) is 3.37. The zero-order valence-corrected chi connectivity index (χ0v) is 24.1. The number of ether oxygens (including phenoxy) is 2. The predicted molar refractivity (Wildman–Crippen MR) is 161 cm³/mol. The van der Waals surface area contributed by atoms with Gasteiger partial charge in [0.15, 0.2) is 0 Å². The van der Waals surface area contributed by atoms with E-state index in [-0.39, 0.29) is 22.6 Å². The van der Waals surface area contributed by atoms with Crippen LogP contribution < -0.4 is 14.9 Å². The van der Waals surface area contributed by atoms with E-state index in [0.29, 0.717) is 22.4 Å². The van der Waals surface area contributed by atoms with Crippen LogP contribution in [0.4, 0.5) is 13.2 Å². The van der Waals surface area contributed by atoms with Crippen LogP contribution in [0.1, 0.15) is 38.9 Å². The third-order valence-corrected chi connectivity index (χ3v) is 6.83. The van der Waals surface area contributed by atoms with Crippen LogP contribution in [-0.4, -0.2) is 29.7 Å². The number of hydrogen-bond donors (Lipinski definition) is 2. The number of nitrogens with zero attached hydrogens (tertiary/aromatic N) is 1. The van der Waals surface area contributed by atoms with Gasteiger partial charge in [-0.1, -0.05) is 52.3 Å². The molecule has 43 heavy (non-hydrogen) atoms. The number of carbonyl (C=O) groups excluding carboxylic acids is 2. The summed E-state index contributed by atoms with van der Waals surface area (Å²) < 4.78 is 51.0. The fraction of sp³-hybridized carbons (Fsp3) is 0.0938. The highest BCUT2D eigenvalue weighted by atomic mass is 79.9. The van der Waals surface area contributed by atoms with E-state index in [9.17, 15) is 22.8 Å². The third-order valence-electron chi connectivity index (χ3n) is 6.34. The quantitative estimate of drug-likeness (QED) is 0.0771. The normalized spacial score (nSPS) is 11.6. The summed E-state index contributed by atoms with van der Waals surface area (Å²) in [5, 5.41) is 4.86. The number of aromatic nitrogens is 1. The summed E-state index contributed by atoms with van der Waals surface area (Å²) in [7, 11) is 0. The monoisotopic (exact) mass is 649 g/mol. The van der Waals surface area contributed by atoms with Crippen molar-refractivity contribution >= 4 is 44.9 Å². The Morgan fingerprint density at radius 2 is 1.77 bits per heavy atom. The first-order chi connectivity index (χ1) is 20.6. The first-order valence-corrected chi connectivity index (χ1v) is 13.8. The summed E-state index contributed by atoms with van der Waals surface area (Å²) in [6.07, 6.45) is -3.34. The molecule has 218 valence electrons. The Morgan fingerprint density at radius 3 is 2.51 bits per heavy atom. The average molecular weight is 650 g/mol. The molecule has 0 aliphatic carbocycles. The molecule has 1 amide bonds. The van der Waals surface area contributed by atoms with E-state index >= 15 is 0 Å². The van der Waals surface area contributed by atoms with Crippen molar-refractivity contribution in [3.63, 3.8) is 0 Å². The summed E-state index contributed by atoms with van der Waals surface area (Å²) in [5.41, 5.74) is 4.04. The highest BCUT2D eigenvalue weighted by molar-refractivity contribution is 9.10. The number of hydrogen-bond acceptors (Lipinski definition) is 5. The number of alkyl halides is 3. The van der Waals surface area contributed by atoms with Crippen LogP contribution >= 0.6 is 15.9 Å². The lowest BCUT2D eigenvalue weighted by atomic mass is 10.0. The Morgan fingerprint density at radius 1 is 0.977 bits per heavy atom. The summed E-state index contributed by atoms with van der Waals surface area (Å²) >= 11 is 3.34. The highest BCUT2D eigenvalue weighted by Crippen LogP contribution is 2.35. The first kappa shape index (κ1) is 29.6. The Balaban J connectivity index is 1.40. The molecule has 0 bridgehead atoms. The molecule has 2 N–H and O–H groups in total. The van der Waals surface area contributed by atoms with Gasteiger partial charge in [-0.05, 0) is 67.1 Å². The van der Waals surface area contributed by atoms with E-state index in [1.165, 1.54) is 18.3 Å². The van der Waals surface area contributed by atoms with Gasteiger partial charge in [-0.3, -0.25) is 4.79 Å².